The number of amides is 1. The van der Waals surface area contributed by atoms with Gasteiger partial charge in [-0.05, 0) is 49.7 Å². The van der Waals surface area contributed by atoms with Gasteiger partial charge in [-0.1, -0.05) is 12.1 Å². The van der Waals surface area contributed by atoms with E-state index in [1.807, 2.05) is 12.3 Å². The van der Waals surface area contributed by atoms with Gasteiger partial charge in [0.1, 0.15) is 5.54 Å². The van der Waals surface area contributed by atoms with Gasteiger partial charge in [-0.2, -0.15) is 5.10 Å². The fourth-order valence-corrected chi connectivity index (χ4v) is 3.52. The molecular formula is C17H24ClN5O3S. The van der Waals surface area contributed by atoms with Crippen LogP contribution in [0.3, 0.4) is 0 Å². The summed E-state index contributed by atoms with van der Waals surface area (Å²) < 4.78 is 26.5. The first-order chi connectivity index (χ1) is 12.4. The Bertz CT molecular complexity index is 847. The number of halogens is 1. The van der Waals surface area contributed by atoms with Crippen LogP contribution in [-0.2, 0) is 26.9 Å². The first-order valence-corrected chi connectivity index (χ1v) is 10.3. The summed E-state index contributed by atoms with van der Waals surface area (Å²) in [7, 11) is -3.23. The number of carbonyl (C=O) groups is 1. The average Bonchev–Trinajstić information content (AvgIpc) is 3.16. The Morgan fingerprint density at radius 3 is 2.48 bits per heavy atom. The molecule has 2 aromatic rings. The lowest BCUT2D eigenvalue weighted by Crippen LogP contribution is -2.52. The maximum Gasteiger partial charge on any atom is 0.252 e. The van der Waals surface area contributed by atoms with Crippen LogP contribution in [0.2, 0.25) is 0 Å². The molecular weight excluding hydrogens is 390 g/mol. The zero-order valence-corrected chi connectivity index (χ0v) is 16.6. The molecule has 1 fully saturated rings. The van der Waals surface area contributed by atoms with Crippen LogP contribution >= 0.6 is 12.4 Å². The van der Waals surface area contributed by atoms with Gasteiger partial charge in [0.25, 0.3) is 5.91 Å². The van der Waals surface area contributed by atoms with Crippen molar-refractivity contribution >= 4 is 34.0 Å². The van der Waals surface area contributed by atoms with Gasteiger partial charge in [-0.15, -0.1) is 12.4 Å². The maximum absolute atomic E-state index is 13.0. The number of benzene rings is 1. The van der Waals surface area contributed by atoms with Crippen molar-refractivity contribution in [2.75, 3.05) is 24.7 Å². The molecule has 148 valence electrons. The number of anilines is 1. The SMILES string of the molecule is CS(=O)(=O)NCc1ccc(NC(=O)C2(n3cccn3)CCNCC2)cc1.Cl. The highest BCUT2D eigenvalue weighted by molar-refractivity contribution is 7.88. The van der Waals surface area contributed by atoms with Crippen molar-refractivity contribution in [1.82, 2.24) is 19.8 Å². The van der Waals surface area contributed by atoms with Crippen molar-refractivity contribution in [2.45, 2.75) is 24.9 Å². The molecule has 1 aliphatic rings. The number of rotatable bonds is 6. The van der Waals surface area contributed by atoms with Gasteiger partial charge in [0, 0.05) is 24.6 Å². The average molecular weight is 414 g/mol. The minimum Gasteiger partial charge on any atom is -0.324 e. The quantitative estimate of drug-likeness (QED) is 0.657. The van der Waals surface area contributed by atoms with Crippen molar-refractivity contribution in [3.63, 3.8) is 0 Å². The molecule has 0 atom stereocenters. The van der Waals surface area contributed by atoms with Crippen LogP contribution in [0.1, 0.15) is 18.4 Å². The Kier molecular flexibility index (Phi) is 6.99. The van der Waals surface area contributed by atoms with Crippen molar-refractivity contribution in [3.8, 4) is 0 Å². The van der Waals surface area contributed by atoms with E-state index < -0.39 is 15.6 Å². The van der Waals surface area contributed by atoms with Crippen LogP contribution in [0.15, 0.2) is 42.7 Å². The number of carbonyl (C=O) groups excluding carboxylic acids is 1. The summed E-state index contributed by atoms with van der Waals surface area (Å²) in [6.07, 6.45) is 5.95. The van der Waals surface area contributed by atoms with Crippen LogP contribution in [0.5, 0.6) is 0 Å². The van der Waals surface area contributed by atoms with E-state index in [0.29, 0.717) is 18.5 Å². The molecule has 3 rings (SSSR count). The van der Waals surface area contributed by atoms with Crippen molar-refractivity contribution in [2.24, 2.45) is 0 Å². The van der Waals surface area contributed by atoms with E-state index in [1.54, 1.807) is 35.1 Å². The summed E-state index contributed by atoms with van der Waals surface area (Å²) in [5.74, 6) is -0.0929. The molecule has 0 bridgehead atoms. The normalized spacial score (nSPS) is 16.3. The molecule has 0 saturated carbocycles. The number of hydrogen-bond donors (Lipinski definition) is 3. The molecule has 0 spiro atoms. The highest BCUT2D eigenvalue weighted by Crippen LogP contribution is 2.28. The number of nitrogens with zero attached hydrogens (tertiary/aromatic N) is 2. The molecule has 2 heterocycles. The molecule has 0 aliphatic carbocycles. The number of piperidine rings is 1. The zero-order valence-electron chi connectivity index (χ0n) is 15.0. The second-order valence-electron chi connectivity index (χ2n) is 6.48. The van der Waals surface area contributed by atoms with E-state index in [4.69, 9.17) is 0 Å². The summed E-state index contributed by atoms with van der Waals surface area (Å²) in [6, 6.07) is 8.94. The second kappa shape index (κ2) is 8.83. The molecule has 0 radical (unpaired) electrons. The largest absolute Gasteiger partial charge is 0.324 e. The molecule has 27 heavy (non-hydrogen) atoms. The topological polar surface area (TPSA) is 105 Å². The Hall–Kier alpha value is -1.94. The monoisotopic (exact) mass is 413 g/mol. The van der Waals surface area contributed by atoms with Crippen LogP contribution in [0.25, 0.3) is 0 Å². The summed E-state index contributed by atoms with van der Waals surface area (Å²) in [5.41, 5.74) is 0.783. The fourth-order valence-electron chi connectivity index (χ4n) is 3.09. The Morgan fingerprint density at radius 2 is 1.93 bits per heavy atom. The third kappa shape index (κ3) is 5.29. The minimum absolute atomic E-state index is 0. The van der Waals surface area contributed by atoms with Gasteiger partial charge in [-0.25, -0.2) is 13.1 Å². The van der Waals surface area contributed by atoms with Gasteiger partial charge in [-0.3, -0.25) is 9.48 Å². The highest BCUT2D eigenvalue weighted by atomic mass is 35.5. The van der Waals surface area contributed by atoms with Gasteiger partial charge in [0.15, 0.2) is 0 Å². The molecule has 0 unspecified atom stereocenters. The lowest BCUT2D eigenvalue weighted by molar-refractivity contribution is -0.126. The van der Waals surface area contributed by atoms with E-state index in [0.717, 1.165) is 24.9 Å². The second-order valence-corrected chi connectivity index (χ2v) is 8.31. The third-order valence-electron chi connectivity index (χ3n) is 4.55. The van der Waals surface area contributed by atoms with E-state index >= 15 is 0 Å². The molecule has 1 amide bonds. The van der Waals surface area contributed by atoms with Gasteiger partial charge >= 0.3 is 0 Å². The first kappa shape index (κ1) is 21.4. The molecule has 3 N–H and O–H groups in total. The minimum atomic E-state index is -3.23. The fraction of sp³-hybridized carbons (Fsp3) is 0.412. The van der Waals surface area contributed by atoms with Gasteiger partial charge in [0.2, 0.25) is 10.0 Å². The standard InChI is InChI=1S/C17H23N5O3S.ClH/c1-26(24,25)20-13-14-3-5-15(6-4-14)21-16(23)17(7-10-18-11-8-17)22-12-2-9-19-22;/h2-6,9,12,18,20H,7-8,10-11,13H2,1H3,(H,21,23);1H. The molecule has 10 heteroatoms. The zero-order chi connectivity index (χ0) is 18.6. The first-order valence-electron chi connectivity index (χ1n) is 8.45. The molecule has 8 nitrogen and oxygen atoms in total. The summed E-state index contributed by atoms with van der Waals surface area (Å²) in [6.45, 7) is 1.72. The summed E-state index contributed by atoms with van der Waals surface area (Å²) in [4.78, 5) is 13.0. The number of nitrogens with one attached hydrogen (secondary N) is 3. The van der Waals surface area contributed by atoms with E-state index in [1.165, 1.54) is 0 Å². The molecule has 1 aromatic heterocycles. The Morgan fingerprint density at radius 1 is 1.26 bits per heavy atom. The molecule has 1 saturated heterocycles. The van der Waals surface area contributed by atoms with E-state index in [9.17, 15) is 13.2 Å². The lowest BCUT2D eigenvalue weighted by Gasteiger charge is -2.36. The molecule has 1 aromatic carbocycles. The summed E-state index contributed by atoms with van der Waals surface area (Å²) in [5, 5.41) is 10.5. The Balaban J connectivity index is 0.00000261. The van der Waals surface area contributed by atoms with Crippen LogP contribution < -0.4 is 15.4 Å². The predicted molar refractivity (Wildman–Crippen MR) is 106 cm³/mol. The lowest BCUT2D eigenvalue weighted by atomic mass is 9.87. The van der Waals surface area contributed by atoms with Gasteiger partial charge in [0.05, 0.1) is 6.26 Å². The maximum atomic E-state index is 13.0. The highest BCUT2D eigenvalue weighted by Gasteiger charge is 2.41. The number of aromatic nitrogens is 2. The van der Waals surface area contributed by atoms with Crippen LogP contribution in [0, 0.1) is 0 Å². The van der Waals surface area contributed by atoms with E-state index in [-0.39, 0.29) is 24.9 Å². The van der Waals surface area contributed by atoms with Crippen LogP contribution in [-0.4, -0.2) is 43.5 Å². The smallest absolute Gasteiger partial charge is 0.252 e. The summed E-state index contributed by atoms with van der Waals surface area (Å²) >= 11 is 0. The predicted octanol–water partition coefficient (Wildman–Crippen LogP) is 1.07. The third-order valence-corrected chi connectivity index (χ3v) is 5.22. The molecule has 1 aliphatic heterocycles. The van der Waals surface area contributed by atoms with Crippen molar-refractivity contribution in [1.29, 1.82) is 0 Å². The van der Waals surface area contributed by atoms with E-state index in [2.05, 4.69) is 20.5 Å². The van der Waals surface area contributed by atoms with Crippen molar-refractivity contribution in [3.05, 3.63) is 48.3 Å². The Labute approximate surface area is 165 Å². The number of sulfonamides is 1. The van der Waals surface area contributed by atoms with Gasteiger partial charge < -0.3 is 10.6 Å². The number of hydrogen-bond acceptors (Lipinski definition) is 5. The van der Waals surface area contributed by atoms with Crippen molar-refractivity contribution < 1.29 is 13.2 Å². The van der Waals surface area contributed by atoms with Crippen LogP contribution in [0.4, 0.5) is 5.69 Å².